The van der Waals surface area contributed by atoms with Gasteiger partial charge in [-0.3, -0.25) is 19.2 Å². The van der Waals surface area contributed by atoms with Crippen molar-refractivity contribution in [3.05, 3.63) is 0 Å². The molecule has 11 heteroatoms. The van der Waals surface area contributed by atoms with E-state index < -0.39 is 60.6 Å². The number of amides is 3. The molecular weight excluding hydrogens is 336 g/mol. The number of carbonyl (C=O) groups is 5. The summed E-state index contributed by atoms with van der Waals surface area (Å²) < 4.78 is 0. The minimum Gasteiger partial charge on any atom is -0.481 e. The van der Waals surface area contributed by atoms with E-state index in [-0.39, 0.29) is 5.92 Å². The lowest BCUT2D eigenvalue weighted by molar-refractivity contribution is -0.144. The van der Waals surface area contributed by atoms with Gasteiger partial charge in [-0.15, -0.1) is 0 Å². The number of carboxylic acid groups (broad SMARTS) is 2. The van der Waals surface area contributed by atoms with Gasteiger partial charge in [-0.05, 0) is 12.3 Å². The highest BCUT2D eigenvalue weighted by molar-refractivity contribution is 5.94. The zero-order chi connectivity index (χ0) is 19.7. The Morgan fingerprint density at radius 3 is 1.84 bits per heavy atom. The molecule has 0 aliphatic carbocycles. The number of hydrogen-bond donors (Lipinski definition) is 6. The monoisotopic (exact) mass is 360 g/mol. The largest absolute Gasteiger partial charge is 0.481 e. The van der Waals surface area contributed by atoms with Crippen LogP contribution in [0.25, 0.3) is 0 Å². The summed E-state index contributed by atoms with van der Waals surface area (Å²) in [7, 11) is 0. The van der Waals surface area contributed by atoms with Crippen LogP contribution in [0.2, 0.25) is 0 Å². The Kier molecular flexibility index (Phi) is 9.13. The van der Waals surface area contributed by atoms with E-state index >= 15 is 0 Å². The third-order valence-electron chi connectivity index (χ3n) is 3.09. The first kappa shape index (κ1) is 22.3. The van der Waals surface area contributed by atoms with Crippen LogP contribution >= 0.6 is 0 Å². The molecule has 0 aromatic heterocycles. The summed E-state index contributed by atoms with van der Waals surface area (Å²) in [6, 6.07) is -4.13. The standard InChI is InChI=1S/C14H24N4O7/c1-6(2)3-7(15)12(22)17-8(5-11(20)21)13(23)18-9(14(24)25)4-10(16)19/h6-9H,3-5,15H2,1-2H3,(H2,16,19)(H,17,22)(H,18,23)(H,20,21)(H,24,25). The minimum absolute atomic E-state index is 0.0967. The number of carboxylic acids is 2. The predicted octanol–water partition coefficient (Wildman–Crippen LogP) is -2.24. The number of hydrogen-bond acceptors (Lipinski definition) is 6. The highest BCUT2D eigenvalue weighted by Crippen LogP contribution is 2.04. The van der Waals surface area contributed by atoms with Crippen molar-refractivity contribution < 1.29 is 34.2 Å². The van der Waals surface area contributed by atoms with Crippen LogP contribution in [0.1, 0.15) is 33.1 Å². The number of primary amides is 1. The van der Waals surface area contributed by atoms with Crippen molar-refractivity contribution in [2.24, 2.45) is 17.4 Å². The molecule has 0 heterocycles. The first-order valence-corrected chi connectivity index (χ1v) is 7.53. The third-order valence-corrected chi connectivity index (χ3v) is 3.09. The Morgan fingerprint density at radius 2 is 1.44 bits per heavy atom. The van der Waals surface area contributed by atoms with Crippen molar-refractivity contribution in [2.45, 2.75) is 51.2 Å². The minimum atomic E-state index is -1.64. The highest BCUT2D eigenvalue weighted by Gasteiger charge is 2.30. The van der Waals surface area contributed by atoms with E-state index in [2.05, 4.69) is 5.32 Å². The van der Waals surface area contributed by atoms with Crippen LogP contribution in [0.5, 0.6) is 0 Å². The fourth-order valence-corrected chi connectivity index (χ4v) is 1.95. The van der Waals surface area contributed by atoms with Gasteiger partial charge in [0.1, 0.15) is 12.1 Å². The quantitative estimate of drug-likeness (QED) is 0.237. The maximum Gasteiger partial charge on any atom is 0.326 e. The molecule has 0 rings (SSSR count). The van der Waals surface area contributed by atoms with Gasteiger partial charge in [0.05, 0.1) is 18.9 Å². The molecule has 0 spiro atoms. The molecule has 0 aromatic carbocycles. The number of carbonyl (C=O) groups excluding carboxylic acids is 3. The van der Waals surface area contributed by atoms with Crippen molar-refractivity contribution in [1.82, 2.24) is 10.6 Å². The number of nitrogens with two attached hydrogens (primary N) is 2. The summed E-state index contributed by atoms with van der Waals surface area (Å²) in [4.78, 5) is 56.8. The van der Waals surface area contributed by atoms with Gasteiger partial charge < -0.3 is 32.3 Å². The molecule has 0 aliphatic heterocycles. The van der Waals surface area contributed by atoms with Crippen LogP contribution in [0.3, 0.4) is 0 Å². The lowest BCUT2D eigenvalue weighted by atomic mass is 10.0. The molecule has 0 bridgehead atoms. The Hall–Kier alpha value is -2.69. The number of nitrogens with one attached hydrogen (secondary N) is 2. The van der Waals surface area contributed by atoms with Crippen molar-refractivity contribution >= 4 is 29.7 Å². The van der Waals surface area contributed by atoms with Gasteiger partial charge in [0.2, 0.25) is 17.7 Å². The first-order chi connectivity index (χ1) is 11.4. The zero-order valence-corrected chi connectivity index (χ0v) is 14.0. The summed E-state index contributed by atoms with van der Waals surface area (Å²) in [5.74, 6) is -5.59. The number of rotatable bonds is 11. The molecule has 3 unspecified atom stereocenters. The fourth-order valence-electron chi connectivity index (χ4n) is 1.95. The van der Waals surface area contributed by atoms with Crippen molar-refractivity contribution in [2.75, 3.05) is 0 Å². The Morgan fingerprint density at radius 1 is 0.920 bits per heavy atom. The molecule has 0 aromatic rings. The molecule has 3 atom stereocenters. The summed E-state index contributed by atoms with van der Waals surface area (Å²) in [5, 5.41) is 22.0. The lowest BCUT2D eigenvalue weighted by Crippen LogP contribution is -2.55. The van der Waals surface area contributed by atoms with Crippen molar-refractivity contribution in [3.8, 4) is 0 Å². The normalized spacial score (nSPS) is 14.2. The second-order valence-corrected chi connectivity index (χ2v) is 5.96. The Balaban J connectivity index is 5.08. The van der Waals surface area contributed by atoms with E-state index in [1.807, 2.05) is 19.2 Å². The van der Waals surface area contributed by atoms with E-state index in [9.17, 15) is 24.0 Å². The third kappa shape index (κ3) is 9.25. The van der Waals surface area contributed by atoms with E-state index in [1.165, 1.54) is 0 Å². The van der Waals surface area contributed by atoms with Gasteiger partial charge >= 0.3 is 11.9 Å². The van der Waals surface area contributed by atoms with Crippen LogP contribution in [0.15, 0.2) is 0 Å². The lowest BCUT2D eigenvalue weighted by Gasteiger charge is -2.22. The molecule has 0 aliphatic rings. The molecular formula is C14H24N4O7. The smallest absolute Gasteiger partial charge is 0.326 e. The van der Waals surface area contributed by atoms with Gasteiger partial charge in [-0.25, -0.2) is 4.79 Å². The fraction of sp³-hybridized carbons (Fsp3) is 0.643. The molecule has 0 saturated heterocycles. The zero-order valence-electron chi connectivity index (χ0n) is 14.0. The second kappa shape index (κ2) is 10.2. The maximum atomic E-state index is 12.1. The van der Waals surface area contributed by atoms with Gasteiger partial charge in [-0.1, -0.05) is 13.8 Å². The highest BCUT2D eigenvalue weighted by atomic mass is 16.4. The molecule has 8 N–H and O–H groups in total. The van der Waals surface area contributed by atoms with Crippen LogP contribution in [0.4, 0.5) is 0 Å². The van der Waals surface area contributed by atoms with Crippen LogP contribution in [-0.2, 0) is 24.0 Å². The Labute approximate surface area is 144 Å². The summed E-state index contributed by atoms with van der Waals surface area (Å²) in [5.41, 5.74) is 10.6. The predicted molar refractivity (Wildman–Crippen MR) is 85.0 cm³/mol. The van der Waals surface area contributed by atoms with Gasteiger partial charge in [0, 0.05) is 0 Å². The van der Waals surface area contributed by atoms with E-state index in [0.29, 0.717) is 6.42 Å². The second-order valence-electron chi connectivity index (χ2n) is 5.96. The average molecular weight is 360 g/mol. The topological polar surface area (TPSA) is 202 Å². The van der Waals surface area contributed by atoms with E-state index in [0.717, 1.165) is 0 Å². The van der Waals surface area contributed by atoms with Crippen LogP contribution in [-0.4, -0.2) is 58.0 Å². The van der Waals surface area contributed by atoms with Gasteiger partial charge in [0.15, 0.2) is 0 Å². The van der Waals surface area contributed by atoms with E-state index in [4.69, 9.17) is 21.7 Å². The van der Waals surface area contributed by atoms with Crippen molar-refractivity contribution in [1.29, 1.82) is 0 Å². The molecule has 0 saturated carbocycles. The summed E-state index contributed by atoms with van der Waals surface area (Å²) >= 11 is 0. The molecule has 11 nitrogen and oxygen atoms in total. The Bertz CT molecular complexity index is 535. The van der Waals surface area contributed by atoms with Gasteiger partial charge in [-0.2, -0.15) is 0 Å². The number of aliphatic carboxylic acids is 2. The molecule has 25 heavy (non-hydrogen) atoms. The van der Waals surface area contributed by atoms with E-state index in [1.54, 1.807) is 0 Å². The van der Waals surface area contributed by atoms with Crippen LogP contribution < -0.4 is 22.1 Å². The molecule has 142 valence electrons. The molecule has 0 fully saturated rings. The molecule has 0 radical (unpaired) electrons. The maximum absolute atomic E-state index is 12.1. The van der Waals surface area contributed by atoms with Crippen LogP contribution in [0, 0.1) is 5.92 Å². The molecule has 3 amide bonds. The summed E-state index contributed by atoms with van der Waals surface area (Å²) in [6.45, 7) is 3.66. The SMILES string of the molecule is CC(C)CC(N)C(=O)NC(CC(=O)O)C(=O)NC(CC(N)=O)C(=O)O. The van der Waals surface area contributed by atoms with Crippen molar-refractivity contribution in [3.63, 3.8) is 0 Å². The first-order valence-electron chi connectivity index (χ1n) is 7.53. The van der Waals surface area contributed by atoms with Gasteiger partial charge in [0.25, 0.3) is 0 Å². The average Bonchev–Trinajstić information content (AvgIpc) is 2.43. The summed E-state index contributed by atoms with van der Waals surface area (Å²) in [6.07, 6.45) is -1.15.